The van der Waals surface area contributed by atoms with E-state index in [9.17, 15) is 35.4 Å². The van der Waals surface area contributed by atoms with E-state index in [1.165, 1.54) is 0 Å². The van der Waals surface area contributed by atoms with Gasteiger partial charge in [0.25, 0.3) is 0 Å². The molecule has 0 aromatic carbocycles. The van der Waals surface area contributed by atoms with Gasteiger partial charge in [-0.15, -0.1) is 0 Å². The number of carboxylic acid groups (broad SMARTS) is 1. The van der Waals surface area contributed by atoms with Crippen molar-refractivity contribution in [3.8, 4) is 0 Å². The van der Waals surface area contributed by atoms with Crippen LogP contribution in [0.4, 0.5) is 0 Å². The molecular formula is C12H20O12. The summed E-state index contributed by atoms with van der Waals surface area (Å²) in [5, 5.41) is 76.3. The highest BCUT2D eigenvalue weighted by Gasteiger charge is 2.63. The second-order valence-corrected chi connectivity index (χ2v) is 5.56. The summed E-state index contributed by atoms with van der Waals surface area (Å²) in [5.41, 5.74) is 0. The van der Waals surface area contributed by atoms with Gasteiger partial charge in [-0.3, -0.25) is 0 Å². The number of hydrogen-bond donors (Lipinski definition) is 8. The first-order valence-electron chi connectivity index (χ1n) is 7.06. The molecule has 2 saturated heterocycles. The van der Waals surface area contributed by atoms with Gasteiger partial charge in [0.2, 0.25) is 0 Å². The van der Waals surface area contributed by atoms with Crippen molar-refractivity contribution in [3.05, 3.63) is 0 Å². The van der Waals surface area contributed by atoms with Crippen LogP contribution in [0.3, 0.4) is 0 Å². The van der Waals surface area contributed by atoms with Crippen molar-refractivity contribution in [1.82, 2.24) is 0 Å². The van der Waals surface area contributed by atoms with Gasteiger partial charge in [0, 0.05) is 0 Å². The highest BCUT2D eigenvalue weighted by Crippen LogP contribution is 2.36. The Morgan fingerprint density at radius 3 is 1.96 bits per heavy atom. The molecule has 0 spiro atoms. The Bertz CT molecular complexity index is 457. The van der Waals surface area contributed by atoms with E-state index >= 15 is 0 Å². The van der Waals surface area contributed by atoms with Gasteiger partial charge in [0.1, 0.15) is 42.7 Å². The highest BCUT2D eigenvalue weighted by molar-refractivity contribution is 5.77. The van der Waals surface area contributed by atoms with E-state index in [1.807, 2.05) is 0 Å². The van der Waals surface area contributed by atoms with E-state index in [-0.39, 0.29) is 0 Å². The van der Waals surface area contributed by atoms with Gasteiger partial charge in [-0.25, -0.2) is 4.79 Å². The largest absolute Gasteiger partial charge is 0.477 e. The van der Waals surface area contributed by atoms with Crippen LogP contribution in [-0.4, -0.2) is 115 Å². The van der Waals surface area contributed by atoms with Crippen molar-refractivity contribution in [2.24, 2.45) is 0 Å². The summed E-state index contributed by atoms with van der Waals surface area (Å²) in [4.78, 5) is 11.5. The van der Waals surface area contributed by atoms with E-state index in [0.717, 1.165) is 0 Å². The van der Waals surface area contributed by atoms with Gasteiger partial charge in [-0.05, 0) is 0 Å². The minimum absolute atomic E-state index is 0.782. The number of carbonyl (C=O) groups is 1. The number of carboxylic acids is 1. The first-order valence-corrected chi connectivity index (χ1v) is 7.06. The fourth-order valence-electron chi connectivity index (χ4n) is 2.60. The third kappa shape index (κ3) is 3.01. The van der Waals surface area contributed by atoms with Crippen molar-refractivity contribution in [3.63, 3.8) is 0 Å². The third-order valence-electron chi connectivity index (χ3n) is 4.04. The fourth-order valence-corrected chi connectivity index (χ4v) is 2.60. The zero-order valence-electron chi connectivity index (χ0n) is 12.2. The van der Waals surface area contributed by atoms with E-state index in [2.05, 4.69) is 0 Å². The van der Waals surface area contributed by atoms with E-state index < -0.39 is 74.0 Å². The summed E-state index contributed by atoms with van der Waals surface area (Å²) in [6.07, 6.45) is -14.2. The average Bonchev–Trinajstić information content (AvgIpc) is 2.81. The maximum atomic E-state index is 11.5. The maximum absolute atomic E-state index is 11.5. The molecular weight excluding hydrogens is 336 g/mol. The molecule has 140 valence electrons. The monoisotopic (exact) mass is 356 g/mol. The second kappa shape index (κ2) is 7.13. The number of ether oxygens (including phenoxy) is 3. The summed E-state index contributed by atoms with van der Waals surface area (Å²) >= 11 is 0. The van der Waals surface area contributed by atoms with Crippen molar-refractivity contribution < 1.29 is 59.9 Å². The number of aliphatic carboxylic acids is 1. The Labute approximate surface area is 135 Å². The summed E-state index contributed by atoms with van der Waals surface area (Å²) in [6, 6.07) is 0. The maximum Gasteiger partial charge on any atom is 0.367 e. The van der Waals surface area contributed by atoms with E-state index in [4.69, 9.17) is 24.4 Å². The molecule has 24 heavy (non-hydrogen) atoms. The van der Waals surface area contributed by atoms with Crippen LogP contribution in [0.1, 0.15) is 0 Å². The number of rotatable bonds is 5. The van der Waals surface area contributed by atoms with E-state index in [0.29, 0.717) is 0 Å². The predicted octanol–water partition coefficient (Wildman–Crippen LogP) is -5.30. The first kappa shape index (κ1) is 19.4. The normalized spacial score (nSPS) is 49.3. The lowest BCUT2D eigenvalue weighted by Crippen LogP contribution is -2.63. The van der Waals surface area contributed by atoms with Crippen molar-refractivity contribution in [2.45, 2.75) is 54.8 Å². The SMILES string of the molecule is O=C(O)[C@@]1(O[C@H]2O[C@H](CO)[C@@H](O)[C@H](O)[C@H]2O)O[C@H](CO)[C@@H](O)[C@@H]1O. The van der Waals surface area contributed by atoms with Gasteiger partial charge >= 0.3 is 11.8 Å². The third-order valence-corrected chi connectivity index (χ3v) is 4.04. The smallest absolute Gasteiger partial charge is 0.367 e. The Morgan fingerprint density at radius 1 is 0.917 bits per heavy atom. The zero-order chi connectivity index (χ0) is 18.2. The number of aliphatic hydroxyl groups is 7. The van der Waals surface area contributed by atoms with Crippen LogP contribution in [0.15, 0.2) is 0 Å². The molecule has 2 fully saturated rings. The summed E-state index contributed by atoms with van der Waals surface area (Å²) in [5.74, 6) is -4.79. The highest BCUT2D eigenvalue weighted by atomic mass is 16.8. The van der Waals surface area contributed by atoms with Crippen molar-refractivity contribution in [2.75, 3.05) is 13.2 Å². The molecule has 8 N–H and O–H groups in total. The van der Waals surface area contributed by atoms with Gasteiger partial charge in [0.05, 0.1) is 13.2 Å². The summed E-state index contributed by atoms with van der Waals surface area (Å²) in [6.45, 7) is -1.61. The Kier molecular flexibility index (Phi) is 5.76. The van der Waals surface area contributed by atoms with Gasteiger partial charge in [-0.2, -0.15) is 0 Å². The second-order valence-electron chi connectivity index (χ2n) is 5.56. The summed E-state index contributed by atoms with van der Waals surface area (Å²) in [7, 11) is 0. The molecule has 9 atom stereocenters. The fraction of sp³-hybridized carbons (Fsp3) is 0.917. The van der Waals surface area contributed by atoms with Crippen LogP contribution < -0.4 is 0 Å². The van der Waals surface area contributed by atoms with Crippen LogP contribution in [0.2, 0.25) is 0 Å². The Hall–Kier alpha value is -0.930. The van der Waals surface area contributed by atoms with Gasteiger partial charge in [-0.1, -0.05) is 0 Å². The molecule has 0 aromatic heterocycles. The van der Waals surface area contributed by atoms with Crippen LogP contribution in [0.25, 0.3) is 0 Å². The minimum atomic E-state index is -2.90. The van der Waals surface area contributed by atoms with Crippen LogP contribution >= 0.6 is 0 Å². The molecule has 0 saturated carbocycles. The molecule has 0 bridgehead atoms. The first-order chi connectivity index (χ1) is 11.2. The molecule has 0 aliphatic carbocycles. The molecule has 2 heterocycles. The molecule has 2 aliphatic heterocycles. The predicted molar refractivity (Wildman–Crippen MR) is 69.2 cm³/mol. The van der Waals surface area contributed by atoms with Crippen LogP contribution in [-0.2, 0) is 19.0 Å². The minimum Gasteiger partial charge on any atom is -0.477 e. The quantitative estimate of drug-likeness (QED) is 0.232. The van der Waals surface area contributed by atoms with Crippen molar-refractivity contribution >= 4 is 5.97 Å². The van der Waals surface area contributed by atoms with Crippen LogP contribution in [0.5, 0.6) is 0 Å². The molecule has 2 rings (SSSR count). The van der Waals surface area contributed by atoms with Crippen LogP contribution in [0, 0.1) is 0 Å². The number of hydrogen-bond acceptors (Lipinski definition) is 11. The molecule has 0 amide bonds. The molecule has 0 radical (unpaired) electrons. The van der Waals surface area contributed by atoms with E-state index in [1.54, 1.807) is 0 Å². The van der Waals surface area contributed by atoms with Gasteiger partial charge < -0.3 is 55.1 Å². The molecule has 0 aromatic rings. The lowest BCUT2D eigenvalue weighted by atomic mass is 9.99. The molecule has 12 heteroatoms. The topological polar surface area (TPSA) is 207 Å². The standard InChI is InChI=1S/C12H20O12/c13-1-3-5(15)7(17)8(18)10(22-3)24-12(11(20)21)9(19)6(16)4(2-14)23-12/h3-10,13-19H,1-2H2,(H,20,21)/t3-,4-,5-,6-,7+,8-,9+,10-,12-/m1/s1. The number of aliphatic hydroxyl groups excluding tert-OH is 7. The Morgan fingerprint density at radius 2 is 1.50 bits per heavy atom. The zero-order valence-corrected chi connectivity index (χ0v) is 12.2. The lowest BCUT2D eigenvalue weighted by molar-refractivity contribution is -0.369. The molecule has 0 unspecified atom stereocenters. The van der Waals surface area contributed by atoms with Crippen molar-refractivity contribution in [1.29, 1.82) is 0 Å². The van der Waals surface area contributed by atoms with Gasteiger partial charge in [0.15, 0.2) is 6.29 Å². The Balaban J connectivity index is 2.26. The average molecular weight is 356 g/mol. The summed E-state index contributed by atoms with van der Waals surface area (Å²) < 4.78 is 14.9. The molecule has 2 aliphatic rings. The lowest BCUT2D eigenvalue weighted by Gasteiger charge is -2.42. The molecule has 12 nitrogen and oxygen atoms in total.